The number of hydrogen-bond acceptors (Lipinski definition) is 2. The van der Waals surface area contributed by atoms with Crippen LogP contribution in [0, 0.1) is 11.6 Å². The number of nitrogens with two attached hydrogens (primary N) is 1. The third kappa shape index (κ3) is 1.99. The van der Waals surface area contributed by atoms with E-state index in [0.29, 0.717) is 12.5 Å². The molecule has 1 fully saturated rings. The lowest BCUT2D eigenvalue weighted by Crippen LogP contribution is -2.05. The number of allylic oxidation sites excluding steroid dienone is 1. The van der Waals surface area contributed by atoms with E-state index >= 15 is 0 Å². The van der Waals surface area contributed by atoms with Crippen LogP contribution in [0.4, 0.5) is 14.6 Å². The maximum absolute atomic E-state index is 13.9. The van der Waals surface area contributed by atoms with Gasteiger partial charge in [0, 0.05) is 12.5 Å². The van der Waals surface area contributed by atoms with Crippen molar-refractivity contribution in [2.24, 2.45) is 0 Å². The highest BCUT2D eigenvalue weighted by atomic mass is 19.1. The fourth-order valence-electron chi connectivity index (χ4n) is 2.37. The van der Waals surface area contributed by atoms with Gasteiger partial charge in [0.1, 0.15) is 29.0 Å². The van der Waals surface area contributed by atoms with Crippen molar-refractivity contribution in [2.75, 3.05) is 5.73 Å². The van der Waals surface area contributed by atoms with E-state index in [1.165, 1.54) is 18.2 Å². The van der Waals surface area contributed by atoms with Crippen molar-refractivity contribution in [1.29, 1.82) is 0 Å². The Hall–Kier alpha value is -2.17. The maximum Gasteiger partial charge on any atom is 0.135 e. The molecule has 20 heavy (non-hydrogen) atoms. The molecule has 3 nitrogen and oxygen atoms in total. The van der Waals surface area contributed by atoms with Gasteiger partial charge in [0.05, 0.1) is 5.56 Å². The minimum absolute atomic E-state index is 0.158. The number of hydrogen-bond donors (Lipinski definition) is 1. The molecule has 0 amide bonds. The third-order valence-electron chi connectivity index (χ3n) is 3.49. The minimum Gasteiger partial charge on any atom is -0.383 e. The molecule has 3 rings (SSSR count). The lowest BCUT2D eigenvalue weighted by Gasteiger charge is -2.06. The van der Waals surface area contributed by atoms with Crippen LogP contribution in [0.3, 0.4) is 0 Å². The zero-order chi connectivity index (χ0) is 14.3. The number of benzene rings is 1. The van der Waals surface area contributed by atoms with Crippen molar-refractivity contribution in [3.8, 4) is 11.3 Å². The van der Waals surface area contributed by atoms with Gasteiger partial charge in [0.2, 0.25) is 0 Å². The summed E-state index contributed by atoms with van der Waals surface area (Å²) in [6.45, 7) is 4.17. The van der Waals surface area contributed by atoms with Crippen LogP contribution in [0.1, 0.15) is 24.6 Å². The number of anilines is 1. The predicted octanol–water partition coefficient (Wildman–Crippen LogP) is 3.47. The molecule has 1 aromatic carbocycles. The highest BCUT2D eigenvalue weighted by Crippen LogP contribution is 2.42. The topological polar surface area (TPSA) is 43.8 Å². The Balaban J connectivity index is 2.19. The first kappa shape index (κ1) is 12.8. The molecule has 0 radical (unpaired) electrons. The maximum atomic E-state index is 13.9. The minimum atomic E-state index is -0.651. The highest BCUT2D eigenvalue weighted by molar-refractivity contribution is 5.72. The van der Waals surface area contributed by atoms with Crippen molar-refractivity contribution in [3.63, 3.8) is 0 Å². The molecule has 0 saturated heterocycles. The number of halogens is 2. The fourth-order valence-corrected chi connectivity index (χ4v) is 2.37. The first-order valence-electron chi connectivity index (χ1n) is 6.54. The Labute approximate surface area is 115 Å². The van der Waals surface area contributed by atoms with Crippen molar-refractivity contribution < 1.29 is 8.78 Å². The Morgan fingerprint density at radius 3 is 2.55 bits per heavy atom. The summed E-state index contributed by atoms with van der Waals surface area (Å²) in [7, 11) is 0. The first-order chi connectivity index (χ1) is 9.63. The molecular weight excluding hydrogens is 260 g/mol. The molecule has 1 aliphatic carbocycles. The molecule has 5 heteroatoms. The van der Waals surface area contributed by atoms with Gasteiger partial charge < -0.3 is 10.3 Å². The Morgan fingerprint density at radius 1 is 1.35 bits per heavy atom. The average molecular weight is 275 g/mol. The quantitative estimate of drug-likeness (QED) is 0.868. The Morgan fingerprint density at radius 2 is 2.00 bits per heavy atom. The average Bonchev–Trinajstić information content (AvgIpc) is 3.20. The van der Waals surface area contributed by atoms with E-state index in [-0.39, 0.29) is 17.1 Å². The van der Waals surface area contributed by atoms with Gasteiger partial charge in [-0.25, -0.2) is 13.8 Å². The largest absolute Gasteiger partial charge is 0.383 e. The summed E-state index contributed by atoms with van der Waals surface area (Å²) in [5.41, 5.74) is 6.07. The molecule has 1 aliphatic rings. The second kappa shape index (κ2) is 4.74. The summed E-state index contributed by atoms with van der Waals surface area (Å²) >= 11 is 0. The molecule has 1 aromatic heterocycles. The van der Waals surface area contributed by atoms with Gasteiger partial charge in [0.25, 0.3) is 0 Å². The van der Waals surface area contributed by atoms with Crippen LogP contribution < -0.4 is 5.73 Å². The molecule has 2 N–H and O–H groups in total. The predicted molar refractivity (Wildman–Crippen MR) is 74.2 cm³/mol. The van der Waals surface area contributed by atoms with Crippen molar-refractivity contribution in [3.05, 3.63) is 48.3 Å². The van der Waals surface area contributed by atoms with Gasteiger partial charge in [-0.2, -0.15) is 0 Å². The van der Waals surface area contributed by atoms with Crippen molar-refractivity contribution >= 4 is 5.82 Å². The van der Waals surface area contributed by atoms with E-state index in [0.717, 1.165) is 18.7 Å². The molecule has 1 heterocycles. The number of imidazole rings is 1. The second-order valence-electron chi connectivity index (χ2n) is 4.97. The molecule has 104 valence electrons. The van der Waals surface area contributed by atoms with Crippen LogP contribution in [0.2, 0.25) is 0 Å². The number of aromatic nitrogens is 2. The van der Waals surface area contributed by atoms with Gasteiger partial charge in [-0.1, -0.05) is 12.1 Å². The van der Waals surface area contributed by atoms with E-state index in [9.17, 15) is 8.78 Å². The van der Waals surface area contributed by atoms with Gasteiger partial charge in [0.15, 0.2) is 0 Å². The van der Waals surface area contributed by atoms with Gasteiger partial charge in [-0.05, 0) is 25.0 Å². The Kier molecular flexibility index (Phi) is 3.04. The summed E-state index contributed by atoms with van der Waals surface area (Å²) in [6.07, 6.45) is 3.77. The summed E-state index contributed by atoms with van der Waals surface area (Å²) in [4.78, 5) is 4.39. The van der Waals surface area contributed by atoms with Gasteiger partial charge in [-0.15, -0.1) is 6.58 Å². The zero-order valence-electron chi connectivity index (χ0n) is 10.9. The number of nitrogens with zero attached hydrogens (tertiary/aromatic N) is 2. The van der Waals surface area contributed by atoms with Crippen molar-refractivity contribution in [1.82, 2.24) is 9.55 Å². The fraction of sp³-hybridized carbons (Fsp3) is 0.267. The van der Waals surface area contributed by atoms with Crippen LogP contribution in [-0.2, 0) is 6.54 Å². The third-order valence-corrected chi connectivity index (χ3v) is 3.49. The molecule has 2 aromatic rings. The highest BCUT2D eigenvalue weighted by Gasteiger charge is 2.31. The standard InChI is InChI=1S/C15H15F2N3/c1-2-8-20-14(18)13(19-15(20)9-6-7-9)12-10(16)4-3-5-11(12)17/h2-5,9H,1,6-8,18H2. The molecule has 0 atom stereocenters. The van der Waals surface area contributed by atoms with Crippen LogP contribution in [0.15, 0.2) is 30.9 Å². The summed E-state index contributed by atoms with van der Waals surface area (Å²) < 4.78 is 29.6. The monoisotopic (exact) mass is 275 g/mol. The van der Waals surface area contributed by atoms with E-state index in [2.05, 4.69) is 11.6 Å². The van der Waals surface area contributed by atoms with Crippen LogP contribution >= 0.6 is 0 Å². The molecule has 0 spiro atoms. The summed E-state index contributed by atoms with van der Waals surface area (Å²) in [5.74, 6) is 0.112. The number of rotatable bonds is 4. The Bertz CT molecular complexity index is 652. The first-order valence-corrected chi connectivity index (χ1v) is 6.54. The summed E-state index contributed by atoms with van der Waals surface area (Å²) in [6, 6.07) is 3.75. The van der Waals surface area contributed by atoms with Crippen LogP contribution in [0.25, 0.3) is 11.3 Å². The van der Waals surface area contributed by atoms with Gasteiger partial charge >= 0.3 is 0 Å². The molecular formula is C15H15F2N3. The lowest BCUT2D eigenvalue weighted by atomic mass is 10.1. The van der Waals surface area contributed by atoms with E-state index in [1.54, 1.807) is 10.6 Å². The molecule has 0 bridgehead atoms. The smallest absolute Gasteiger partial charge is 0.135 e. The van der Waals surface area contributed by atoms with E-state index < -0.39 is 11.6 Å². The SMILES string of the molecule is C=CCn1c(C2CC2)nc(-c2c(F)cccc2F)c1N. The molecule has 0 unspecified atom stereocenters. The summed E-state index contributed by atoms with van der Waals surface area (Å²) in [5, 5.41) is 0. The zero-order valence-corrected chi connectivity index (χ0v) is 10.9. The normalized spacial score (nSPS) is 14.5. The lowest BCUT2D eigenvalue weighted by molar-refractivity contribution is 0.589. The van der Waals surface area contributed by atoms with Crippen LogP contribution in [-0.4, -0.2) is 9.55 Å². The van der Waals surface area contributed by atoms with E-state index in [4.69, 9.17) is 5.73 Å². The van der Waals surface area contributed by atoms with E-state index in [1.807, 2.05) is 0 Å². The van der Waals surface area contributed by atoms with Gasteiger partial charge in [-0.3, -0.25) is 0 Å². The number of nitrogen functional groups attached to an aromatic ring is 1. The second-order valence-corrected chi connectivity index (χ2v) is 4.97. The molecule has 1 saturated carbocycles. The van der Waals surface area contributed by atoms with Crippen LogP contribution in [0.5, 0.6) is 0 Å². The van der Waals surface area contributed by atoms with Crippen molar-refractivity contribution in [2.45, 2.75) is 25.3 Å². The molecule has 0 aliphatic heterocycles.